The van der Waals surface area contributed by atoms with Gasteiger partial charge in [-0.3, -0.25) is 0 Å². The molecule has 2 atom stereocenters. The summed E-state index contributed by atoms with van der Waals surface area (Å²) in [6, 6.07) is 1.62. The molecule has 0 bridgehead atoms. The van der Waals surface area contributed by atoms with Crippen molar-refractivity contribution in [2.24, 2.45) is 5.92 Å². The molecule has 1 saturated heterocycles. The molecule has 1 aromatic rings. The van der Waals surface area contributed by atoms with E-state index in [0.717, 1.165) is 38.3 Å². The summed E-state index contributed by atoms with van der Waals surface area (Å²) in [5.74, 6) is -2.50. The quantitative estimate of drug-likeness (QED) is 0.770. The predicted octanol–water partition coefficient (Wildman–Crippen LogP) is 3.68. The van der Waals surface area contributed by atoms with E-state index in [4.69, 9.17) is 5.11 Å². The lowest BCUT2D eigenvalue weighted by Gasteiger charge is -2.40. The van der Waals surface area contributed by atoms with Gasteiger partial charge in [-0.25, -0.2) is 8.78 Å². The van der Waals surface area contributed by atoms with Gasteiger partial charge in [0.2, 0.25) is 0 Å². The van der Waals surface area contributed by atoms with Gasteiger partial charge in [0.15, 0.2) is 11.6 Å². The van der Waals surface area contributed by atoms with Gasteiger partial charge in [-0.05, 0) is 32.6 Å². The minimum absolute atomic E-state index is 0.0563. The molecule has 0 aromatic heterocycles. The summed E-state index contributed by atoms with van der Waals surface area (Å²) >= 11 is 0. The largest absolute Gasteiger partial charge is 0.428 e. The Morgan fingerprint density at radius 2 is 1.93 bits per heavy atom. The van der Waals surface area contributed by atoms with Gasteiger partial charge < -0.3 is 20.1 Å². The van der Waals surface area contributed by atoms with Gasteiger partial charge in [0.1, 0.15) is 12.4 Å². The molecule has 0 amide bonds. The summed E-state index contributed by atoms with van der Waals surface area (Å²) in [6.07, 6.45) is 0.0451. The maximum absolute atomic E-state index is 14.8. The molecule has 1 saturated carbocycles. The monoisotopic (exact) mass is 390 g/mol. The molecule has 27 heavy (non-hydrogen) atoms. The van der Waals surface area contributed by atoms with Crippen molar-refractivity contribution in [1.82, 2.24) is 5.32 Å². The Hall–Kier alpha value is -1.54. The van der Waals surface area contributed by atoms with E-state index >= 15 is 0 Å². The van der Waals surface area contributed by atoms with Crippen molar-refractivity contribution in [3.63, 3.8) is 0 Å². The fourth-order valence-corrected chi connectivity index (χ4v) is 4.12. The number of hydrogen-bond donors (Lipinski definition) is 2. The second kappa shape index (κ2) is 7.47. The molecule has 152 valence electrons. The van der Waals surface area contributed by atoms with Crippen LogP contribution in [0.4, 0.5) is 23.2 Å². The molecule has 2 N–H and O–H groups in total. The fraction of sp³-hybridized carbons (Fsp3) is 0.684. The van der Waals surface area contributed by atoms with Crippen molar-refractivity contribution < 1.29 is 27.4 Å². The van der Waals surface area contributed by atoms with Crippen molar-refractivity contribution in [3.8, 4) is 5.75 Å². The second-order valence-corrected chi connectivity index (χ2v) is 8.14. The first-order valence-electron chi connectivity index (χ1n) is 9.30. The molecule has 1 aromatic carbocycles. The molecule has 1 aliphatic heterocycles. The molecule has 0 radical (unpaired) electrons. The SMILES string of the molecule is CC1(C)CN(c2cc(F)c(OC(F)(F)CO)cc2F)[C@H]2CCCCC2CN1. The van der Waals surface area contributed by atoms with Crippen molar-refractivity contribution in [2.45, 2.75) is 57.2 Å². The Balaban J connectivity index is 1.96. The van der Waals surface area contributed by atoms with Crippen LogP contribution in [0.1, 0.15) is 39.5 Å². The first-order valence-corrected chi connectivity index (χ1v) is 9.30. The summed E-state index contributed by atoms with van der Waals surface area (Å²) in [5.41, 5.74) is -0.250. The molecule has 0 spiro atoms. The molecular weight excluding hydrogens is 364 g/mol. The van der Waals surface area contributed by atoms with E-state index in [9.17, 15) is 17.6 Å². The van der Waals surface area contributed by atoms with E-state index in [1.54, 1.807) is 0 Å². The van der Waals surface area contributed by atoms with E-state index in [-0.39, 0.29) is 17.3 Å². The lowest BCUT2D eigenvalue weighted by atomic mass is 9.83. The highest BCUT2D eigenvalue weighted by Gasteiger charge is 2.39. The molecule has 1 heterocycles. The lowest BCUT2D eigenvalue weighted by Crippen LogP contribution is -2.48. The molecule has 2 aliphatic rings. The molecular formula is C19H26F4N2O2. The van der Waals surface area contributed by atoms with Crippen LogP contribution < -0.4 is 15.0 Å². The maximum Gasteiger partial charge on any atom is 0.421 e. The molecule has 3 rings (SSSR count). The second-order valence-electron chi connectivity index (χ2n) is 8.14. The van der Waals surface area contributed by atoms with Crippen LogP contribution in [0.3, 0.4) is 0 Å². The molecule has 1 aliphatic carbocycles. The summed E-state index contributed by atoms with van der Waals surface area (Å²) in [4.78, 5) is 1.87. The third-order valence-electron chi connectivity index (χ3n) is 5.43. The number of aliphatic hydroxyl groups excluding tert-OH is 1. The van der Waals surface area contributed by atoms with E-state index in [0.29, 0.717) is 18.5 Å². The Morgan fingerprint density at radius 3 is 2.63 bits per heavy atom. The first kappa shape index (κ1) is 20.2. The third kappa shape index (κ3) is 4.48. The Morgan fingerprint density at radius 1 is 1.22 bits per heavy atom. The number of alkyl halides is 2. The van der Waals surface area contributed by atoms with Crippen LogP contribution in [0.5, 0.6) is 5.75 Å². The van der Waals surface area contributed by atoms with Crippen LogP contribution in [0, 0.1) is 17.6 Å². The van der Waals surface area contributed by atoms with Crippen LogP contribution >= 0.6 is 0 Å². The van der Waals surface area contributed by atoms with Gasteiger partial charge in [0, 0.05) is 36.8 Å². The van der Waals surface area contributed by atoms with Crippen LogP contribution in [0.25, 0.3) is 0 Å². The summed E-state index contributed by atoms with van der Waals surface area (Å²) in [5, 5.41) is 12.1. The number of benzene rings is 1. The zero-order valence-electron chi connectivity index (χ0n) is 15.6. The highest BCUT2D eigenvalue weighted by molar-refractivity contribution is 5.53. The Labute approximate surface area is 156 Å². The van der Waals surface area contributed by atoms with E-state index in [1.165, 1.54) is 0 Å². The van der Waals surface area contributed by atoms with Gasteiger partial charge >= 0.3 is 6.11 Å². The Kier molecular flexibility index (Phi) is 5.59. The average Bonchev–Trinajstić information content (AvgIpc) is 2.74. The first-order chi connectivity index (χ1) is 12.6. The number of nitrogens with zero attached hydrogens (tertiary/aromatic N) is 1. The third-order valence-corrected chi connectivity index (χ3v) is 5.43. The summed E-state index contributed by atoms with van der Waals surface area (Å²) in [6.45, 7) is 3.67. The number of hydrogen-bond acceptors (Lipinski definition) is 4. The van der Waals surface area contributed by atoms with Crippen molar-refractivity contribution in [3.05, 3.63) is 23.8 Å². The number of nitrogens with one attached hydrogen (secondary N) is 1. The molecule has 1 unspecified atom stereocenters. The Bertz CT molecular complexity index is 684. The van der Waals surface area contributed by atoms with Crippen LogP contribution in [-0.2, 0) is 0 Å². The smallest absolute Gasteiger partial charge is 0.421 e. The topological polar surface area (TPSA) is 44.7 Å². The minimum atomic E-state index is -3.97. The molecule has 8 heteroatoms. The van der Waals surface area contributed by atoms with Gasteiger partial charge in [-0.15, -0.1) is 0 Å². The standard InChI is InChI=1S/C19H26F4N2O2/c1-18(2)10-25(15-6-4-3-5-12(15)9-24-18)16-7-14(21)17(8-13(16)20)27-19(22,23)11-26/h7-8,12,15,24,26H,3-6,9-11H2,1-2H3/t12?,15-/m0/s1. The predicted molar refractivity (Wildman–Crippen MR) is 94.2 cm³/mol. The number of fused-ring (bicyclic) bond motifs is 1. The van der Waals surface area contributed by atoms with Crippen molar-refractivity contribution >= 4 is 5.69 Å². The van der Waals surface area contributed by atoms with Crippen LogP contribution in [0.2, 0.25) is 0 Å². The zero-order chi connectivity index (χ0) is 19.8. The van der Waals surface area contributed by atoms with E-state index in [2.05, 4.69) is 10.1 Å². The number of rotatable bonds is 4. The van der Waals surface area contributed by atoms with Crippen molar-refractivity contribution in [1.29, 1.82) is 0 Å². The number of ether oxygens (including phenoxy) is 1. The van der Waals surface area contributed by atoms with Gasteiger partial charge in [-0.2, -0.15) is 8.78 Å². The number of anilines is 1. The average molecular weight is 390 g/mol. The summed E-state index contributed by atoms with van der Waals surface area (Å²) in [7, 11) is 0. The maximum atomic E-state index is 14.8. The number of aliphatic hydroxyl groups is 1. The zero-order valence-corrected chi connectivity index (χ0v) is 15.6. The highest BCUT2D eigenvalue weighted by Crippen LogP contribution is 2.38. The molecule has 2 fully saturated rings. The van der Waals surface area contributed by atoms with Crippen molar-refractivity contribution in [2.75, 3.05) is 24.6 Å². The van der Waals surface area contributed by atoms with Crippen LogP contribution in [-0.4, -0.2) is 42.5 Å². The normalized spacial score (nSPS) is 25.7. The minimum Gasteiger partial charge on any atom is -0.428 e. The summed E-state index contributed by atoms with van der Waals surface area (Å²) < 4.78 is 59.8. The van der Waals surface area contributed by atoms with Crippen LogP contribution in [0.15, 0.2) is 12.1 Å². The van der Waals surface area contributed by atoms with Gasteiger partial charge in [0.25, 0.3) is 0 Å². The van der Waals surface area contributed by atoms with E-state index in [1.807, 2.05) is 18.7 Å². The fourth-order valence-electron chi connectivity index (χ4n) is 4.12. The lowest BCUT2D eigenvalue weighted by molar-refractivity contribution is -0.202. The van der Waals surface area contributed by atoms with Gasteiger partial charge in [0.05, 0.1) is 5.69 Å². The number of halogens is 4. The highest BCUT2D eigenvalue weighted by atomic mass is 19.3. The molecule has 4 nitrogen and oxygen atoms in total. The van der Waals surface area contributed by atoms with E-state index < -0.39 is 30.1 Å². The van der Waals surface area contributed by atoms with Gasteiger partial charge in [-0.1, -0.05) is 12.8 Å².